The van der Waals surface area contributed by atoms with Crippen LogP contribution in [0.3, 0.4) is 0 Å². The minimum Gasteiger partial charge on any atom is -0.462 e. The highest BCUT2D eigenvalue weighted by Crippen LogP contribution is 2.33. The first-order valence-electron chi connectivity index (χ1n) is 9.09. The second kappa shape index (κ2) is 10.4. The average molecular weight is 425 g/mol. The topological polar surface area (TPSA) is 88.9 Å². The predicted octanol–water partition coefficient (Wildman–Crippen LogP) is 1.70. The smallest absolute Gasteiger partial charge is 0.341 e. The second-order valence-corrected chi connectivity index (χ2v) is 8.20. The predicted molar refractivity (Wildman–Crippen MR) is 111 cm³/mol. The minimum atomic E-state index is -0.542. The molecule has 1 unspecified atom stereocenters. The van der Waals surface area contributed by atoms with Crippen molar-refractivity contribution in [3.05, 3.63) is 38.4 Å². The maximum absolute atomic E-state index is 12.6. The number of nitrogens with one attached hydrogen (secondary N) is 3. The van der Waals surface area contributed by atoms with Gasteiger partial charge in [-0.15, -0.1) is 22.7 Å². The molecule has 1 atom stereocenters. The molecule has 0 aromatic carbocycles. The van der Waals surface area contributed by atoms with Crippen molar-refractivity contribution in [3.63, 3.8) is 0 Å². The molecule has 2 aromatic rings. The lowest BCUT2D eigenvalue weighted by Crippen LogP contribution is -3.11. The number of rotatable bonds is 9. The number of likely N-dealkylation sites (N-methyl/N-ethyl adjacent to an activating group) is 1. The summed E-state index contributed by atoms with van der Waals surface area (Å²) in [5, 5.41) is 7.74. The highest BCUT2D eigenvalue weighted by molar-refractivity contribution is 7.18. The first-order chi connectivity index (χ1) is 13.4. The van der Waals surface area contributed by atoms with Gasteiger partial charge in [0, 0.05) is 7.05 Å². The Morgan fingerprint density at radius 1 is 1.25 bits per heavy atom. The van der Waals surface area contributed by atoms with E-state index in [1.54, 1.807) is 25.2 Å². The number of esters is 1. The van der Waals surface area contributed by atoms with E-state index >= 15 is 0 Å². The Morgan fingerprint density at radius 2 is 2.00 bits per heavy atom. The lowest BCUT2D eigenvalue weighted by Gasteiger charge is -2.16. The van der Waals surface area contributed by atoms with E-state index in [-0.39, 0.29) is 30.5 Å². The van der Waals surface area contributed by atoms with Crippen LogP contribution < -0.4 is 15.5 Å². The third-order valence-electron chi connectivity index (χ3n) is 4.23. The van der Waals surface area contributed by atoms with Gasteiger partial charge in [-0.1, -0.05) is 6.07 Å². The summed E-state index contributed by atoms with van der Waals surface area (Å²) in [6, 6.07) is 4.04. The molecule has 0 saturated heterocycles. The molecule has 0 spiro atoms. The highest BCUT2D eigenvalue weighted by Gasteiger charge is 2.27. The molecule has 0 saturated carbocycles. The van der Waals surface area contributed by atoms with Crippen molar-refractivity contribution in [3.8, 4) is 0 Å². The van der Waals surface area contributed by atoms with Crippen molar-refractivity contribution in [2.24, 2.45) is 0 Å². The van der Waals surface area contributed by atoms with E-state index in [4.69, 9.17) is 4.74 Å². The van der Waals surface area contributed by atoms with Gasteiger partial charge >= 0.3 is 5.97 Å². The fraction of sp³-hybridized carbons (Fsp3) is 0.421. The summed E-state index contributed by atoms with van der Waals surface area (Å²) in [4.78, 5) is 39.8. The molecule has 2 rings (SSSR count). The number of anilines is 1. The monoisotopic (exact) mass is 424 g/mol. The number of amides is 2. The van der Waals surface area contributed by atoms with E-state index in [0.29, 0.717) is 15.4 Å². The summed E-state index contributed by atoms with van der Waals surface area (Å²) in [6.45, 7) is 7.46. The van der Waals surface area contributed by atoms with E-state index < -0.39 is 5.97 Å². The van der Waals surface area contributed by atoms with Crippen LogP contribution in [0.1, 0.15) is 44.3 Å². The third-order valence-corrected chi connectivity index (χ3v) is 6.31. The molecule has 7 nitrogen and oxygen atoms in total. The molecular weight excluding hydrogens is 398 g/mol. The van der Waals surface area contributed by atoms with Crippen molar-refractivity contribution >= 4 is 45.5 Å². The molecule has 9 heteroatoms. The SMILES string of the molecule is CCOC(=O)c1c(NC(=O)C[NH+](CC)Cc2cccs2)sc(C(=O)NC)c1C. The van der Waals surface area contributed by atoms with Gasteiger partial charge in [-0.2, -0.15) is 0 Å². The van der Waals surface area contributed by atoms with Gasteiger partial charge in [-0.3, -0.25) is 9.59 Å². The van der Waals surface area contributed by atoms with E-state index in [1.807, 2.05) is 18.4 Å². The van der Waals surface area contributed by atoms with Crippen molar-refractivity contribution in [2.45, 2.75) is 27.3 Å². The number of carbonyl (C=O) groups is 3. The summed E-state index contributed by atoms with van der Waals surface area (Å²) >= 11 is 2.75. The van der Waals surface area contributed by atoms with Crippen LogP contribution in [0.25, 0.3) is 0 Å². The molecule has 3 N–H and O–H groups in total. The molecule has 152 valence electrons. The van der Waals surface area contributed by atoms with Gasteiger partial charge < -0.3 is 20.3 Å². The van der Waals surface area contributed by atoms with Crippen LogP contribution in [0, 0.1) is 6.92 Å². The molecule has 0 fully saturated rings. The zero-order chi connectivity index (χ0) is 20.7. The summed E-state index contributed by atoms with van der Waals surface area (Å²) in [7, 11) is 1.52. The fourth-order valence-electron chi connectivity index (χ4n) is 2.75. The lowest BCUT2D eigenvalue weighted by molar-refractivity contribution is -0.903. The van der Waals surface area contributed by atoms with Crippen molar-refractivity contribution in [2.75, 3.05) is 32.1 Å². The van der Waals surface area contributed by atoms with Gasteiger partial charge in [0.25, 0.3) is 11.8 Å². The average Bonchev–Trinajstić information content (AvgIpc) is 3.28. The first kappa shape index (κ1) is 22.1. The van der Waals surface area contributed by atoms with Crippen LogP contribution in [-0.4, -0.2) is 44.5 Å². The maximum Gasteiger partial charge on any atom is 0.341 e. The quantitative estimate of drug-likeness (QED) is 0.535. The van der Waals surface area contributed by atoms with E-state index in [1.165, 1.54) is 11.9 Å². The van der Waals surface area contributed by atoms with Gasteiger partial charge in [0.05, 0.1) is 28.5 Å². The van der Waals surface area contributed by atoms with E-state index in [2.05, 4.69) is 16.7 Å². The Bertz CT molecular complexity index is 831. The van der Waals surface area contributed by atoms with Crippen LogP contribution in [0.2, 0.25) is 0 Å². The molecule has 0 bridgehead atoms. The summed E-state index contributed by atoms with van der Waals surface area (Å²) in [5.74, 6) is -1.05. The molecular formula is C19H26N3O4S2+. The second-order valence-electron chi connectivity index (χ2n) is 6.14. The number of hydrogen-bond acceptors (Lipinski definition) is 6. The molecule has 0 radical (unpaired) electrons. The zero-order valence-electron chi connectivity index (χ0n) is 16.5. The normalized spacial score (nSPS) is 11.7. The highest BCUT2D eigenvalue weighted by atomic mass is 32.1. The molecule has 0 aliphatic rings. The van der Waals surface area contributed by atoms with E-state index in [9.17, 15) is 14.4 Å². The Hall–Kier alpha value is -2.23. The van der Waals surface area contributed by atoms with Crippen molar-refractivity contribution in [1.29, 1.82) is 0 Å². The third kappa shape index (κ3) is 5.40. The molecule has 2 amide bonds. The molecule has 0 aliphatic carbocycles. The molecule has 0 aliphatic heterocycles. The molecule has 2 aromatic heterocycles. The van der Waals surface area contributed by atoms with Gasteiger partial charge in [-0.25, -0.2) is 4.79 Å². The van der Waals surface area contributed by atoms with Crippen LogP contribution in [0.15, 0.2) is 17.5 Å². The first-order valence-corrected chi connectivity index (χ1v) is 10.8. The Kier molecular flexibility index (Phi) is 8.16. The van der Waals surface area contributed by atoms with Crippen molar-refractivity contribution < 1.29 is 24.0 Å². The van der Waals surface area contributed by atoms with E-state index in [0.717, 1.165) is 29.3 Å². The van der Waals surface area contributed by atoms with Crippen molar-refractivity contribution in [1.82, 2.24) is 5.32 Å². The lowest BCUT2D eigenvalue weighted by atomic mass is 10.1. The van der Waals surface area contributed by atoms with Gasteiger partial charge in [0.1, 0.15) is 11.5 Å². The summed E-state index contributed by atoms with van der Waals surface area (Å²) < 4.78 is 5.11. The number of carbonyl (C=O) groups excluding carboxylic acids is 3. The van der Waals surface area contributed by atoms with Crippen LogP contribution >= 0.6 is 22.7 Å². The zero-order valence-corrected chi connectivity index (χ0v) is 18.1. The van der Waals surface area contributed by atoms with Gasteiger partial charge in [0.15, 0.2) is 6.54 Å². The van der Waals surface area contributed by atoms with Crippen LogP contribution in [0.4, 0.5) is 5.00 Å². The fourth-order valence-corrected chi connectivity index (χ4v) is 4.68. The largest absolute Gasteiger partial charge is 0.462 e. The number of thiophene rings is 2. The Balaban J connectivity index is 2.19. The molecule has 2 heterocycles. The maximum atomic E-state index is 12.6. The summed E-state index contributed by atoms with van der Waals surface area (Å²) in [6.07, 6.45) is 0. The van der Waals surface area contributed by atoms with Crippen LogP contribution in [0.5, 0.6) is 0 Å². The standard InChI is InChI=1S/C19H25N3O4S2/c1-5-22(10-13-8-7-9-27-13)11-14(23)21-18-15(19(25)26-6-2)12(3)16(28-18)17(24)20-4/h7-9H,5-6,10-11H2,1-4H3,(H,20,24)(H,21,23)/p+1. The van der Waals surface area contributed by atoms with Gasteiger partial charge in [-0.05, 0) is 37.8 Å². The number of hydrogen-bond donors (Lipinski definition) is 3. The summed E-state index contributed by atoms with van der Waals surface area (Å²) in [5.41, 5.74) is 0.756. The minimum absolute atomic E-state index is 0.205. The number of ether oxygens (including phenoxy) is 1. The Labute approximate surface area is 172 Å². The van der Waals surface area contributed by atoms with Gasteiger partial charge in [0.2, 0.25) is 0 Å². The Morgan fingerprint density at radius 3 is 2.57 bits per heavy atom. The number of quaternary nitrogens is 1. The van der Waals surface area contributed by atoms with Crippen LogP contribution in [-0.2, 0) is 16.1 Å². The molecule has 28 heavy (non-hydrogen) atoms.